The van der Waals surface area contributed by atoms with Gasteiger partial charge in [0.15, 0.2) is 0 Å². The van der Waals surface area contributed by atoms with Crippen LogP contribution in [0.1, 0.15) is 27.2 Å². The highest BCUT2D eigenvalue weighted by atomic mass is 16.2. The van der Waals surface area contributed by atoms with Crippen LogP contribution >= 0.6 is 0 Å². The number of amides is 2. The molecule has 2 amide bonds. The van der Waals surface area contributed by atoms with Gasteiger partial charge in [-0.3, -0.25) is 14.4 Å². The monoisotopic (exact) mass is 354 g/mol. The van der Waals surface area contributed by atoms with Crippen molar-refractivity contribution in [3.63, 3.8) is 0 Å². The Morgan fingerprint density at radius 2 is 1.73 bits per heavy atom. The molecule has 1 fully saturated rings. The normalized spacial score (nSPS) is 14.4. The first-order valence-electron chi connectivity index (χ1n) is 8.63. The van der Waals surface area contributed by atoms with Crippen molar-refractivity contribution in [2.75, 3.05) is 26.2 Å². The molecule has 0 saturated carbocycles. The standard InChI is InChI=1S/C19H22N4O3/c1-13-3-4-15(14(2)11-13)12-18(25)22-7-9-23(10-8-22)19(26)16-5-6-17(24)21-20-16/h3-6,11H,7-10,12H2,1-2H3,(H,21,24). The van der Waals surface area contributed by atoms with Crippen molar-refractivity contribution in [3.05, 3.63) is 63.1 Å². The van der Waals surface area contributed by atoms with Gasteiger partial charge in [0.2, 0.25) is 5.91 Å². The van der Waals surface area contributed by atoms with Gasteiger partial charge >= 0.3 is 0 Å². The van der Waals surface area contributed by atoms with Gasteiger partial charge in [-0.1, -0.05) is 23.8 Å². The van der Waals surface area contributed by atoms with E-state index in [9.17, 15) is 14.4 Å². The Hall–Kier alpha value is -2.96. The minimum atomic E-state index is -0.344. The molecule has 7 heteroatoms. The molecule has 3 rings (SSSR count). The number of aromatic amines is 1. The maximum atomic E-state index is 12.6. The average Bonchev–Trinajstić information content (AvgIpc) is 2.64. The Morgan fingerprint density at radius 3 is 2.35 bits per heavy atom. The molecular formula is C19H22N4O3. The van der Waals surface area contributed by atoms with E-state index in [1.54, 1.807) is 9.80 Å². The summed E-state index contributed by atoms with van der Waals surface area (Å²) in [4.78, 5) is 39.4. The summed E-state index contributed by atoms with van der Waals surface area (Å²) in [5, 5.41) is 6.04. The molecule has 26 heavy (non-hydrogen) atoms. The molecule has 0 aliphatic carbocycles. The molecule has 1 N–H and O–H groups in total. The van der Waals surface area contributed by atoms with Crippen LogP contribution < -0.4 is 5.56 Å². The highest BCUT2D eigenvalue weighted by molar-refractivity contribution is 5.92. The SMILES string of the molecule is Cc1ccc(CC(=O)N2CCN(C(=O)c3ccc(=O)[nH]n3)CC2)c(C)c1. The zero-order valence-electron chi connectivity index (χ0n) is 15.0. The number of hydrogen-bond acceptors (Lipinski definition) is 4. The van der Waals surface area contributed by atoms with Crippen LogP contribution in [-0.2, 0) is 11.2 Å². The van der Waals surface area contributed by atoms with Crippen molar-refractivity contribution in [1.29, 1.82) is 0 Å². The molecular weight excluding hydrogens is 332 g/mol. The largest absolute Gasteiger partial charge is 0.339 e. The van der Waals surface area contributed by atoms with Crippen molar-refractivity contribution in [2.45, 2.75) is 20.3 Å². The summed E-state index contributed by atoms with van der Waals surface area (Å²) in [6.07, 6.45) is 0.377. The molecule has 1 saturated heterocycles. The van der Waals surface area contributed by atoms with Gasteiger partial charge in [0.1, 0.15) is 5.69 Å². The number of aryl methyl sites for hydroxylation is 2. The molecule has 136 valence electrons. The number of H-pyrrole nitrogens is 1. The van der Waals surface area contributed by atoms with Crippen molar-refractivity contribution >= 4 is 11.8 Å². The number of nitrogens with one attached hydrogen (secondary N) is 1. The van der Waals surface area contributed by atoms with E-state index in [0.29, 0.717) is 32.6 Å². The van der Waals surface area contributed by atoms with E-state index in [-0.39, 0.29) is 23.1 Å². The smallest absolute Gasteiger partial charge is 0.274 e. The highest BCUT2D eigenvalue weighted by Gasteiger charge is 2.25. The summed E-state index contributed by atoms with van der Waals surface area (Å²) in [6, 6.07) is 8.80. The van der Waals surface area contributed by atoms with E-state index in [4.69, 9.17) is 0 Å². The molecule has 1 aliphatic heterocycles. The lowest BCUT2D eigenvalue weighted by Crippen LogP contribution is -2.51. The van der Waals surface area contributed by atoms with Crippen LogP contribution in [-0.4, -0.2) is 58.0 Å². The van der Waals surface area contributed by atoms with E-state index < -0.39 is 0 Å². The van der Waals surface area contributed by atoms with Crippen LogP contribution in [0.2, 0.25) is 0 Å². The second-order valence-corrected chi connectivity index (χ2v) is 6.59. The van der Waals surface area contributed by atoms with Crippen LogP contribution in [0.5, 0.6) is 0 Å². The van der Waals surface area contributed by atoms with Gasteiger partial charge in [0.25, 0.3) is 11.5 Å². The molecule has 2 heterocycles. The second-order valence-electron chi connectivity index (χ2n) is 6.59. The number of rotatable bonds is 3. The van der Waals surface area contributed by atoms with Crippen LogP contribution in [0.4, 0.5) is 0 Å². The van der Waals surface area contributed by atoms with Gasteiger partial charge in [-0.2, -0.15) is 5.10 Å². The zero-order chi connectivity index (χ0) is 18.7. The zero-order valence-corrected chi connectivity index (χ0v) is 15.0. The lowest BCUT2D eigenvalue weighted by atomic mass is 10.0. The van der Waals surface area contributed by atoms with Gasteiger partial charge in [-0.25, -0.2) is 5.10 Å². The van der Waals surface area contributed by atoms with E-state index in [0.717, 1.165) is 11.1 Å². The lowest BCUT2D eigenvalue weighted by Gasteiger charge is -2.34. The summed E-state index contributed by atoms with van der Waals surface area (Å²) in [5.41, 5.74) is 3.21. The number of aromatic nitrogens is 2. The third kappa shape index (κ3) is 3.99. The maximum absolute atomic E-state index is 12.6. The topological polar surface area (TPSA) is 86.4 Å². The van der Waals surface area contributed by atoms with Crippen LogP contribution in [0.3, 0.4) is 0 Å². The fourth-order valence-electron chi connectivity index (χ4n) is 3.10. The molecule has 7 nitrogen and oxygen atoms in total. The molecule has 0 atom stereocenters. The molecule has 0 radical (unpaired) electrons. The summed E-state index contributed by atoms with van der Waals surface area (Å²) < 4.78 is 0. The number of piperazine rings is 1. The van der Waals surface area contributed by atoms with Crippen molar-refractivity contribution in [3.8, 4) is 0 Å². The molecule has 1 aromatic heterocycles. The van der Waals surface area contributed by atoms with E-state index >= 15 is 0 Å². The summed E-state index contributed by atoms with van der Waals surface area (Å²) in [6.45, 7) is 5.96. The summed E-state index contributed by atoms with van der Waals surface area (Å²) in [7, 11) is 0. The quantitative estimate of drug-likeness (QED) is 0.888. The third-order valence-electron chi connectivity index (χ3n) is 4.66. The number of carbonyl (C=O) groups is 2. The van der Waals surface area contributed by atoms with Crippen molar-refractivity contribution in [1.82, 2.24) is 20.0 Å². The first kappa shape index (κ1) is 17.8. The fraction of sp³-hybridized carbons (Fsp3) is 0.368. The number of carbonyl (C=O) groups excluding carboxylic acids is 2. The minimum Gasteiger partial charge on any atom is -0.339 e. The van der Waals surface area contributed by atoms with E-state index in [1.807, 2.05) is 26.0 Å². The number of hydrogen-bond donors (Lipinski definition) is 1. The van der Waals surface area contributed by atoms with Gasteiger partial charge < -0.3 is 9.80 Å². The Bertz CT molecular complexity index is 862. The van der Waals surface area contributed by atoms with E-state index in [2.05, 4.69) is 16.3 Å². The Kier molecular flexibility index (Phi) is 5.16. The molecule has 0 spiro atoms. The van der Waals surface area contributed by atoms with Gasteiger partial charge in [-0.05, 0) is 31.0 Å². The molecule has 1 aromatic carbocycles. The Labute approximate surface area is 151 Å². The molecule has 2 aromatic rings. The van der Waals surface area contributed by atoms with Gasteiger partial charge in [-0.15, -0.1) is 0 Å². The average molecular weight is 354 g/mol. The predicted octanol–water partition coefficient (Wildman–Crippen LogP) is 0.914. The molecule has 0 unspecified atom stereocenters. The van der Waals surface area contributed by atoms with Gasteiger partial charge in [0, 0.05) is 32.2 Å². The maximum Gasteiger partial charge on any atom is 0.274 e. The lowest BCUT2D eigenvalue weighted by molar-refractivity contribution is -0.131. The number of nitrogens with zero attached hydrogens (tertiary/aromatic N) is 3. The molecule has 1 aliphatic rings. The van der Waals surface area contributed by atoms with Crippen molar-refractivity contribution in [2.24, 2.45) is 0 Å². The van der Waals surface area contributed by atoms with Crippen LogP contribution in [0.25, 0.3) is 0 Å². The second kappa shape index (κ2) is 7.51. The molecule has 0 bridgehead atoms. The highest BCUT2D eigenvalue weighted by Crippen LogP contribution is 2.14. The Morgan fingerprint density at radius 1 is 1.04 bits per heavy atom. The van der Waals surface area contributed by atoms with Gasteiger partial charge in [0.05, 0.1) is 6.42 Å². The van der Waals surface area contributed by atoms with Crippen molar-refractivity contribution < 1.29 is 9.59 Å². The first-order chi connectivity index (χ1) is 12.4. The minimum absolute atomic E-state index is 0.0752. The third-order valence-corrected chi connectivity index (χ3v) is 4.66. The van der Waals surface area contributed by atoms with E-state index in [1.165, 1.54) is 17.7 Å². The van der Waals surface area contributed by atoms with Crippen LogP contribution in [0, 0.1) is 13.8 Å². The fourth-order valence-corrected chi connectivity index (χ4v) is 3.10. The van der Waals surface area contributed by atoms with Crippen LogP contribution in [0.15, 0.2) is 35.1 Å². The number of benzene rings is 1. The summed E-state index contributed by atoms with van der Waals surface area (Å²) in [5.74, 6) is -0.158. The Balaban J connectivity index is 1.57. The first-order valence-corrected chi connectivity index (χ1v) is 8.63. The predicted molar refractivity (Wildman–Crippen MR) is 97.0 cm³/mol. The summed E-state index contributed by atoms with van der Waals surface area (Å²) >= 11 is 0.